The zero-order valence-electron chi connectivity index (χ0n) is 10.2. The Balaban J connectivity index is 1.78. The average molecular weight is 248 g/mol. The van der Waals surface area contributed by atoms with Crippen molar-refractivity contribution in [3.05, 3.63) is 23.7 Å². The van der Waals surface area contributed by atoms with Crippen molar-refractivity contribution in [2.24, 2.45) is 5.92 Å². The van der Waals surface area contributed by atoms with Crippen molar-refractivity contribution in [3.8, 4) is 0 Å². The second-order valence-electron chi connectivity index (χ2n) is 5.41. The molecule has 2 heterocycles. The molecule has 2 aliphatic carbocycles. The molecule has 96 valence electrons. The van der Waals surface area contributed by atoms with Crippen LogP contribution in [0.25, 0.3) is 0 Å². The van der Waals surface area contributed by atoms with Gasteiger partial charge >= 0.3 is 0 Å². The smallest absolute Gasteiger partial charge is 0.172 e. The fourth-order valence-electron chi connectivity index (χ4n) is 3.80. The molecule has 4 rings (SSSR count). The Labute approximate surface area is 105 Å². The summed E-state index contributed by atoms with van der Waals surface area (Å²) in [6.45, 7) is 1.28. The van der Waals surface area contributed by atoms with Gasteiger partial charge in [0.15, 0.2) is 5.79 Å². The van der Waals surface area contributed by atoms with E-state index < -0.39 is 5.79 Å². The minimum atomic E-state index is -0.525. The van der Waals surface area contributed by atoms with Crippen LogP contribution in [-0.2, 0) is 20.7 Å². The third kappa shape index (κ3) is 1.30. The summed E-state index contributed by atoms with van der Waals surface area (Å²) in [5.74, 6) is 0.578. The molecule has 0 N–H and O–H groups in total. The highest BCUT2D eigenvalue weighted by atomic mass is 16.7. The van der Waals surface area contributed by atoms with Crippen molar-refractivity contribution in [3.63, 3.8) is 0 Å². The molecule has 1 spiro atoms. The van der Waals surface area contributed by atoms with E-state index in [4.69, 9.17) is 13.9 Å². The molecular weight excluding hydrogens is 232 g/mol. The monoisotopic (exact) mass is 248 g/mol. The van der Waals surface area contributed by atoms with Gasteiger partial charge in [0, 0.05) is 18.8 Å². The number of ether oxygens (including phenoxy) is 2. The second kappa shape index (κ2) is 3.68. The largest absolute Gasteiger partial charge is 0.468 e. The maximum Gasteiger partial charge on any atom is 0.172 e. The molecule has 3 aliphatic rings. The molecule has 1 saturated carbocycles. The molecule has 2 atom stereocenters. The normalized spacial score (nSPS) is 33.4. The zero-order chi connectivity index (χ0) is 12.2. The quantitative estimate of drug-likeness (QED) is 0.705. The van der Waals surface area contributed by atoms with Gasteiger partial charge in [-0.1, -0.05) is 0 Å². The van der Waals surface area contributed by atoms with Crippen molar-refractivity contribution >= 4 is 5.78 Å². The van der Waals surface area contributed by atoms with Crippen molar-refractivity contribution < 1.29 is 18.7 Å². The van der Waals surface area contributed by atoms with Crippen LogP contribution in [-0.4, -0.2) is 24.8 Å². The molecule has 0 bridgehead atoms. The van der Waals surface area contributed by atoms with Gasteiger partial charge in [0.2, 0.25) is 0 Å². The first kappa shape index (κ1) is 10.8. The van der Waals surface area contributed by atoms with Crippen LogP contribution in [0.3, 0.4) is 0 Å². The molecule has 1 aromatic rings. The van der Waals surface area contributed by atoms with Gasteiger partial charge < -0.3 is 13.9 Å². The number of carbonyl (C=O) groups excluding carboxylic acids is 1. The number of hydrogen-bond donors (Lipinski definition) is 0. The van der Waals surface area contributed by atoms with E-state index >= 15 is 0 Å². The van der Waals surface area contributed by atoms with Crippen LogP contribution in [0.1, 0.15) is 36.5 Å². The Bertz CT molecular complexity index is 484. The number of Topliss-reactive ketones (excluding diaryl/α,β-unsaturated/α-hetero) is 1. The summed E-state index contributed by atoms with van der Waals surface area (Å²) in [5.41, 5.74) is 1.18. The lowest BCUT2D eigenvalue weighted by atomic mass is 9.67. The maximum absolute atomic E-state index is 12.3. The predicted molar refractivity (Wildman–Crippen MR) is 62.1 cm³/mol. The van der Waals surface area contributed by atoms with Crippen molar-refractivity contribution in [1.82, 2.24) is 0 Å². The third-order valence-electron chi connectivity index (χ3n) is 4.60. The highest BCUT2D eigenvalue weighted by Gasteiger charge is 2.55. The topological polar surface area (TPSA) is 48.7 Å². The molecular formula is C14H16O4. The van der Waals surface area contributed by atoms with E-state index in [2.05, 4.69) is 0 Å². The number of fused-ring (bicyclic) bond motifs is 4. The number of ketones is 1. The van der Waals surface area contributed by atoms with Crippen molar-refractivity contribution in [1.29, 1.82) is 0 Å². The molecule has 0 amide bonds. The maximum atomic E-state index is 12.3. The minimum Gasteiger partial charge on any atom is -0.468 e. The van der Waals surface area contributed by atoms with Gasteiger partial charge in [-0.3, -0.25) is 4.79 Å². The number of furan rings is 1. The Morgan fingerprint density at radius 2 is 2.06 bits per heavy atom. The highest BCUT2D eigenvalue weighted by molar-refractivity contribution is 5.87. The van der Waals surface area contributed by atoms with E-state index in [1.165, 1.54) is 5.56 Å². The van der Waals surface area contributed by atoms with Gasteiger partial charge in [-0.2, -0.15) is 0 Å². The van der Waals surface area contributed by atoms with E-state index in [0.717, 1.165) is 18.6 Å². The molecule has 0 aromatic carbocycles. The van der Waals surface area contributed by atoms with Crippen LogP contribution in [0.15, 0.2) is 16.7 Å². The Hall–Kier alpha value is -1.13. The lowest BCUT2D eigenvalue weighted by molar-refractivity contribution is -0.219. The molecule has 1 saturated heterocycles. The van der Waals surface area contributed by atoms with Crippen LogP contribution >= 0.6 is 0 Å². The Morgan fingerprint density at radius 3 is 2.89 bits per heavy atom. The van der Waals surface area contributed by atoms with Crippen LogP contribution in [0, 0.1) is 5.92 Å². The first-order chi connectivity index (χ1) is 8.80. The standard InChI is InChI=1S/C14H16O4/c15-11-3-5-14(17-7-8-18-14)10-2-1-9-4-6-16-13(9)12(10)11/h4,6,10,12H,1-3,5,7-8H2/t10-,12+/m0/s1. The number of hydrogen-bond acceptors (Lipinski definition) is 4. The fraction of sp³-hybridized carbons (Fsp3) is 0.643. The van der Waals surface area contributed by atoms with Gasteiger partial charge in [-0.15, -0.1) is 0 Å². The summed E-state index contributed by atoms with van der Waals surface area (Å²) < 4.78 is 17.3. The fourth-order valence-corrected chi connectivity index (χ4v) is 3.80. The first-order valence-corrected chi connectivity index (χ1v) is 6.67. The van der Waals surface area contributed by atoms with Crippen LogP contribution in [0.2, 0.25) is 0 Å². The molecule has 4 nitrogen and oxygen atoms in total. The van der Waals surface area contributed by atoms with Gasteiger partial charge in [-0.25, -0.2) is 0 Å². The van der Waals surface area contributed by atoms with E-state index in [1.54, 1.807) is 6.26 Å². The summed E-state index contributed by atoms with van der Waals surface area (Å²) in [6.07, 6.45) is 4.82. The van der Waals surface area contributed by atoms with E-state index in [-0.39, 0.29) is 17.6 Å². The molecule has 2 fully saturated rings. The van der Waals surface area contributed by atoms with Crippen molar-refractivity contribution in [2.45, 2.75) is 37.4 Å². The number of aryl methyl sites for hydroxylation is 1. The van der Waals surface area contributed by atoms with Gasteiger partial charge in [0.05, 0.1) is 25.4 Å². The SMILES string of the molecule is O=C1CCC2(OCCO2)[C@H]2CCc3ccoc3[C@@H]12. The Morgan fingerprint density at radius 1 is 1.22 bits per heavy atom. The van der Waals surface area contributed by atoms with Crippen LogP contribution in [0.4, 0.5) is 0 Å². The second-order valence-corrected chi connectivity index (χ2v) is 5.41. The molecule has 18 heavy (non-hydrogen) atoms. The highest BCUT2D eigenvalue weighted by Crippen LogP contribution is 2.51. The predicted octanol–water partition coefficient (Wildman–Crippen LogP) is 2.03. The van der Waals surface area contributed by atoms with Crippen molar-refractivity contribution in [2.75, 3.05) is 13.2 Å². The zero-order valence-corrected chi connectivity index (χ0v) is 10.2. The first-order valence-electron chi connectivity index (χ1n) is 6.67. The lowest BCUT2D eigenvalue weighted by Gasteiger charge is -2.44. The summed E-state index contributed by atoms with van der Waals surface area (Å²) in [7, 11) is 0. The molecule has 0 radical (unpaired) electrons. The van der Waals surface area contributed by atoms with Gasteiger partial charge in [0.25, 0.3) is 0 Å². The summed E-state index contributed by atoms with van der Waals surface area (Å²) >= 11 is 0. The number of rotatable bonds is 0. The summed E-state index contributed by atoms with van der Waals surface area (Å²) in [4.78, 5) is 12.3. The van der Waals surface area contributed by atoms with E-state index in [9.17, 15) is 4.79 Å². The summed E-state index contributed by atoms with van der Waals surface area (Å²) in [5, 5.41) is 0. The average Bonchev–Trinajstić information content (AvgIpc) is 3.03. The Kier molecular flexibility index (Phi) is 2.20. The van der Waals surface area contributed by atoms with Crippen LogP contribution < -0.4 is 0 Å². The van der Waals surface area contributed by atoms with E-state index in [1.807, 2.05) is 6.07 Å². The van der Waals surface area contributed by atoms with Gasteiger partial charge in [-0.05, 0) is 24.5 Å². The van der Waals surface area contributed by atoms with E-state index in [0.29, 0.717) is 26.1 Å². The van der Waals surface area contributed by atoms with Gasteiger partial charge in [0.1, 0.15) is 11.5 Å². The molecule has 0 unspecified atom stereocenters. The molecule has 4 heteroatoms. The van der Waals surface area contributed by atoms with Crippen LogP contribution in [0.5, 0.6) is 0 Å². The number of carbonyl (C=O) groups is 1. The lowest BCUT2D eigenvalue weighted by Crippen LogP contribution is -2.50. The summed E-state index contributed by atoms with van der Waals surface area (Å²) in [6, 6.07) is 1.98. The molecule has 1 aromatic heterocycles. The molecule has 1 aliphatic heterocycles. The minimum absolute atomic E-state index is 0.125. The third-order valence-corrected chi connectivity index (χ3v) is 4.60.